The van der Waals surface area contributed by atoms with Crippen molar-refractivity contribution in [3.8, 4) is 5.75 Å². The Kier molecular flexibility index (Phi) is 5.62. The Balaban J connectivity index is 1.70. The molecule has 0 bridgehead atoms. The van der Waals surface area contributed by atoms with E-state index in [9.17, 15) is 4.79 Å². The van der Waals surface area contributed by atoms with Gasteiger partial charge in [-0.25, -0.2) is 0 Å². The molecule has 1 aromatic rings. The van der Waals surface area contributed by atoms with Gasteiger partial charge in [0.05, 0.1) is 0 Å². The number of piperidine rings is 1. The Bertz CT molecular complexity index is 466. The summed E-state index contributed by atoms with van der Waals surface area (Å²) in [6.45, 7) is 5.67. The highest BCUT2D eigenvalue weighted by molar-refractivity contribution is 5.78. The molecule has 1 amide bonds. The molecule has 1 aliphatic heterocycles. The maximum Gasteiger partial charge on any atom is 0.225 e. The average molecular weight is 290 g/mol. The van der Waals surface area contributed by atoms with Crippen molar-refractivity contribution in [1.82, 2.24) is 9.80 Å². The fourth-order valence-electron chi connectivity index (χ4n) is 2.77. The number of nitrogens with zero attached hydrogens (tertiary/aromatic N) is 2. The molecule has 4 heteroatoms. The standard InChI is InChI=1S/C17H26N2O2/c1-14-6-4-5-7-16(14)21-13-12-19-10-8-15(9-11-19)17(20)18(2)3/h4-7,15H,8-13H2,1-3H3. The van der Waals surface area contributed by atoms with E-state index in [-0.39, 0.29) is 11.8 Å². The van der Waals surface area contributed by atoms with E-state index >= 15 is 0 Å². The molecule has 0 unspecified atom stereocenters. The van der Waals surface area contributed by atoms with Crippen molar-refractivity contribution >= 4 is 5.91 Å². The number of rotatable bonds is 5. The SMILES string of the molecule is Cc1ccccc1OCCN1CCC(C(=O)N(C)C)CC1. The van der Waals surface area contributed by atoms with Crippen LogP contribution in [-0.4, -0.2) is 56.0 Å². The first kappa shape index (κ1) is 15.8. The van der Waals surface area contributed by atoms with Crippen LogP contribution in [0.1, 0.15) is 18.4 Å². The van der Waals surface area contributed by atoms with Gasteiger partial charge in [0.1, 0.15) is 12.4 Å². The first-order valence-electron chi connectivity index (χ1n) is 7.70. The lowest BCUT2D eigenvalue weighted by Crippen LogP contribution is -2.41. The number of likely N-dealkylation sites (tertiary alicyclic amines) is 1. The molecule has 1 fully saturated rings. The van der Waals surface area contributed by atoms with Gasteiger partial charge in [-0.3, -0.25) is 9.69 Å². The highest BCUT2D eigenvalue weighted by atomic mass is 16.5. The van der Waals surface area contributed by atoms with E-state index < -0.39 is 0 Å². The summed E-state index contributed by atoms with van der Waals surface area (Å²) < 4.78 is 5.84. The molecule has 1 aliphatic rings. The van der Waals surface area contributed by atoms with Gasteiger partial charge in [0, 0.05) is 26.6 Å². The Morgan fingerprint density at radius 3 is 2.57 bits per heavy atom. The second-order valence-electron chi connectivity index (χ2n) is 5.96. The van der Waals surface area contributed by atoms with Gasteiger partial charge in [-0.1, -0.05) is 18.2 Å². The zero-order chi connectivity index (χ0) is 15.2. The molecule has 4 nitrogen and oxygen atoms in total. The van der Waals surface area contributed by atoms with Crippen LogP contribution in [0.25, 0.3) is 0 Å². The normalized spacial score (nSPS) is 16.7. The number of para-hydroxylation sites is 1. The third kappa shape index (κ3) is 4.46. The molecule has 0 atom stereocenters. The molecular formula is C17H26N2O2. The van der Waals surface area contributed by atoms with Gasteiger partial charge < -0.3 is 9.64 Å². The second-order valence-corrected chi connectivity index (χ2v) is 5.96. The number of hydrogen-bond acceptors (Lipinski definition) is 3. The Labute approximate surface area is 127 Å². The Hall–Kier alpha value is -1.55. The molecule has 1 heterocycles. The molecule has 1 aromatic carbocycles. The van der Waals surface area contributed by atoms with Gasteiger partial charge in [-0.15, -0.1) is 0 Å². The third-order valence-electron chi connectivity index (χ3n) is 4.14. The minimum absolute atomic E-state index is 0.202. The molecule has 0 saturated carbocycles. The molecule has 21 heavy (non-hydrogen) atoms. The van der Waals surface area contributed by atoms with E-state index in [1.165, 1.54) is 5.56 Å². The zero-order valence-electron chi connectivity index (χ0n) is 13.3. The minimum Gasteiger partial charge on any atom is -0.492 e. The van der Waals surface area contributed by atoms with E-state index in [0.717, 1.165) is 38.2 Å². The van der Waals surface area contributed by atoms with Gasteiger partial charge in [0.2, 0.25) is 5.91 Å². The maximum atomic E-state index is 11.9. The molecule has 2 rings (SSSR count). The minimum atomic E-state index is 0.202. The summed E-state index contributed by atoms with van der Waals surface area (Å²) >= 11 is 0. The molecule has 0 spiro atoms. The van der Waals surface area contributed by atoms with Crippen LogP contribution in [0, 0.1) is 12.8 Å². The van der Waals surface area contributed by atoms with Crippen molar-refractivity contribution in [2.45, 2.75) is 19.8 Å². The first-order chi connectivity index (χ1) is 10.1. The number of aryl methyl sites for hydroxylation is 1. The number of benzene rings is 1. The van der Waals surface area contributed by atoms with E-state index in [4.69, 9.17) is 4.74 Å². The van der Waals surface area contributed by atoms with Crippen LogP contribution >= 0.6 is 0 Å². The van der Waals surface area contributed by atoms with Crippen molar-refractivity contribution in [1.29, 1.82) is 0 Å². The molecule has 0 aromatic heterocycles. The van der Waals surface area contributed by atoms with Crippen LogP contribution in [0.15, 0.2) is 24.3 Å². The fraction of sp³-hybridized carbons (Fsp3) is 0.588. The largest absolute Gasteiger partial charge is 0.492 e. The van der Waals surface area contributed by atoms with Gasteiger partial charge in [-0.05, 0) is 44.5 Å². The topological polar surface area (TPSA) is 32.8 Å². The van der Waals surface area contributed by atoms with E-state index in [2.05, 4.69) is 17.9 Å². The summed E-state index contributed by atoms with van der Waals surface area (Å²) in [5.41, 5.74) is 1.17. The molecule has 116 valence electrons. The maximum absolute atomic E-state index is 11.9. The van der Waals surface area contributed by atoms with Crippen LogP contribution < -0.4 is 4.74 Å². The number of carbonyl (C=O) groups excluding carboxylic acids is 1. The van der Waals surface area contributed by atoms with Crippen LogP contribution in [0.2, 0.25) is 0 Å². The molecule has 1 saturated heterocycles. The lowest BCUT2D eigenvalue weighted by molar-refractivity contribution is -0.134. The van der Waals surface area contributed by atoms with E-state index in [1.807, 2.05) is 32.3 Å². The van der Waals surface area contributed by atoms with Gasteiger partial charge in [-0.2, -0.15) is 0 Å². The molecule has 0 N–H and O–H groups in total. The number of amides is 1. The predicted molar refractivity (Wildman–Crippen MR) is 84.5 cm³/mol. The summed E-state index contributed by atoms with van der Waals surface area (Å²) in [5.74, 6) is 1.44. The molecule has 0 radical (unpaired) electrons. The van der Waals surface area contributed by atoms with Gasteiger partial charge in [0.25, 0.3) is 0 Å². The number of carbonyl (C=O) groups is 1. The van der Waals surface area contributed by atoms with E-state index in [1.54, 1.807) is 4.90 Å². The third-order valence-corrected chi connectivity index (χ3v) is 4.14. The highest BCUT2D eigenvalue weighted by Gasteiger charge is 2.25. The summed E-state index contributed by atoms with van der Waals surface area (Å²) in [4.78, 5) is 16.0. The van der Waals surface area contributed by atoms with Crippen molar-refractivity contribution in [3.05, 3.63) is 29.8 Å². The Morgan fingerprint density at radius 2 is 1.95 bits per heavy atom. The van der Waals surface area contributed by atoms with Crippen molar-refractivity contribution in [2.24, 2.45) is 5.92 Å². The monoisotopic (exact) mass is 290 g/mol. The van der Waals surface area contributed by atoms with Crippen LogP contribution in [0.4, 0.5) is 0 Å². The average Bonchev–Trinajstić information content (AvgIpc) is 2.49. The van der Waals surface area contributed by atoms with Crippen molar-refractivity contribution in [3.63, 3.8) is 0 Å². The number of ether oxygens (including phenoxy) is 1. The predicted octanol–water partition coefficient (Wildman–Crippen LogP) is 2.17. The first-order valence-corrected chi connectivity index (χ1v) is 7.70. The van der Waals surface area contributed by atoms with E-state index in [0.29, 0.717) is 6.61 Å². The summed E-state index contributed by atoms with van der Waals surface area (Å²) in [7, 11) is 3.68. The molecular weight excluding hydrogens is 264 g/mol. The summed E-state index contributed by atoms with van der Waals surface area (Å²) in [6, 6.07) is 8.10. The van der Waals surface area contributed by atoms with Crippen molar-refractivity contribution < 1.29 is 9.53 Å². The zero-order valence-corrected chi connectivity index (χ0v) is 13.3. The van der Waals surface area contributed by atoms with Crippen LogP contribution in [0.5, 0.6) is 5.75 Å². The highest BCUT2D eigenvalue weighted by Crippen LogP contribution is 2.19. The smallest absolute Gasteiger partial charge is 0.225 e. The fourth-order valence-corrected chi connectivity index (χ4v) is 2.77. The van der Waals surface area contributed by atoms with Crippen LogP contribution in [0.3, 0.4) is 0 Å². The van der Waals surface area contributed by atoms with Gasteiger partial charge >= 0.3 is 0 Å². The summed E-state index contributed by atoms with van der Waals surface area (Å²) in [5, 5.41) is 0. The lowest BCUT2D eigenvalue weighted by atomic mass is 9.95. The summed E-state index contributed by atoms with van der Waals surface area (Å²) in [6.07, 6.45) is 1.92. The van der Waals surface area contributed by atoms with Crippen molar-refractivity contribution in [2.75, 3.05) is 40.3 Å². The Morgan fingerprint density at radius 1 is 1.29 bits per heavy atom. The quantitative estimate of drug-likeness (QED) is 0.833. The lowest BCUT2D eigenvalue weighted by Gasteiger charge is -2.32. The second kappa shape index (κ2) is 7.46. The number of hydrogen-bond donors (Lipinski definition) is 0. The van der Waals surface area contributed by atoms with Crippen LogP contribution in [-0.2, 0) is 4.79 Å². The van der Waals surface area contributed by atoms with Gasteiger partial charge in [0.15, 0.2) is 0 Å². The molecule has 0 aliphatic carbocycles.